The van der Waals surface area contributed by atoms with Gasteiger partial charge in [-0.15, -0.1) is 0 Å². The first kappa shape index (κ1) is 14.0. The Bertz CT molecular complexity index is 626. The molecule has 1 heterocycles. The SMILES string of the molecule is CCCNc1cc(C(=O)O)nc(-c2ccccc2C)n1. The first-order chi connectivity index (χ1) is 9.61. The van der Waals surface area contributed by atoms with E-state index in [0.29, 0.717) is 11.6 Å². The van der Waals surface area contributed by atoms with Gasteiger partial charge in [0.15, 0.2) is 11.5 Å². The van der Waals surface area contributed by atoms with Crippen molar-refractivity contribution < 1.29 is 9.90 Å². The number of hydrogen-bond acceptors (Lipinski definition) is 4. The number of carboxylic acids is 1. The molecule has 0 amide bonds. The third-order valence-electron chi connectivity index (χ3n) is 2.89. The predicted molar refractivity (Wildman–Crippen MR) is 77.9 cm³/mol. The maximum Gasteiger partial charge on any atom is 0.354 e. The Morgan fingerprint density at radius 2 is 2.05 bits per heavy atom. The molecule has 20 heavy (non-hydrogen) atoms. The zero-order chi connectivity index (χ0) is 14.5. The molecule has 0 aliphatic heterocycles. The van der Waals surface area contributed by atoms with Crippen LogP contribution in [0.5, 0.6) is 0 Å². The standard InChI is InChI=1S/C15H17N3O2/c1-3-8-16-13-9-12(15(19)20)17-14(18-13)11-7-5-4-6-10(11)2/h4-7,9H,3,8H2,1-2H3,(H,19,20)(H,16,17,18). The second-order valence-corrected chi connectivity index (χ2v) is 4.51. The summed E-state index contributed by atoms with van der Waals surface area (Å²) in [5.74, 6) is -0.0825. The average molecular weight is 271 g/mol. The predicted octanol–water partition coefficient (Wildman–Crippen LogP) is 2.97. The number of aryl methyl sites for hydroxylation is 1. The van der Waals surface area contributed by atoms with Gasteiger partial charge in [0.05, 0.1) is 0 Å². The summed E-state index contributed by atoms with van der Waals surface area (Å²) in [5, 5.41) is 12.3. The van der Waals surface area contributed by atoms with Gasteiger partial charge in [0.2, 0.25) is 0 Å². The summed E-state index contributed by atoms with van der Waals surface area (Å²) in [6.45, 7) is 4.73. The van der Waals surface area contributed by atoms with Crippen LogP contribution in [0.1, 0.15) is 29.4 Å². The summed E-state index contributed by atoms with van der Waals surface area (Å²) >= 11 is 0. The third-order valence-corrected chi connectivity index (χ3v) is 2.89. The van der Waals surface area contributed by atoms with Crippen LogP contribution in [-0.4, -0.2) is 27.6 Å². The van der Waals surface area contributed by atoms with E-state index in [1.54, 1.807) is 0 Å². The van der Waals surface area contributed by atoms with E-state index in [9.17, 15) is 4.79 Å². The third kappa shape index (κ3) is 3.12. The molecule has 0 radical (unpaired) electrons. The van der Waals surface area contributed by atoms with E-state index in [0.717, 1.165) is 24.1 Å². The fraction of sp³-hybridized carbons (Fsp3) is 0.267. The number of aromatic nitrogens is 2. The van der Waals surface area contributed by atoms with Crippen molar-refractivity contribution in [2.45, 2.75) is 20.3 Å². The maximum atomic E-state index is 11.2. The van der Waals surface area contributed by atoms with Crippen molar-refractivity contribution in [3.8, 4) is 11.4 Å². The van der Waals surface area contributed by atoms with Gasteiger partial charge in [-0.1, -0.05) is 31.2 Å². The van der Waals surface area contributed by atoms with E-state index < -0.39 is 5.97 Å². The van der Waals surface area contributed by atoms with Gasteiger partial charge in [0.1, 0.15) is 5.82 Å². The van der Waals surface area contributed by atoms with Gasteiger partial charge >= 0.3 is 5.97 Å². The van der Waals surface area contributed by atoms with Gasteiger partial charge in [-0.05, 0) is 18.9 Å². The number of hydrogen-bond donors (Lipinski definition) is 2. The molecular weight excluding hydrogens is 254 g/mol. The molecule has 2 N–H and O–H groups in total. The Labute approximate surface area is 117 Å². The van der Waals surface area contributed by atoms with Crippen molar-refractivity contribution in [2.24, 2.45) is 0 Å². The van der Waals surface area contributed by atoms with Gasteiger partial charge in [0, 0.05) is 18.2 Å². The van der Waals surface area contributed by atoms with Crippen LogP contribution in [0.2, 0.25) is 0 Å². The number of anilines is 1. The molecule has 2 rings (SSSR count). The molecule has 0 spiro atoms. The highest BCUT2D eigenvalue weighted by Gasteiger charge is 2.12. The quantitative estimate of drug-likeness (QED) is 0.874. The fourth-order valence-corrected chi connectivity index (χ4v) is 1.84. The van der Waals surface area contributed by atoms with Crippen molar-refractivity contribution in [1.29, 1.82) is 0 Å². The number of carbonyl (C=O) groups is 1. The second kappa shape index (κ2) is 6.14. The van der Waals surface area contributed by atoms with E-state index in [1.165, 1.54) is 6.07 Å². The van der Waals surface area contributed by atoms with Gasteiger partial charge in [0.25, 0.3) is 0 Å². The van der Waals surface area contributed by atoms with Gasteiger partial charge in [-0.2, -0.15) is 0 Å². The van der Waals surface area contributed by atoms with Crippen LogP contribution in [0.25, 0.3) is 11.4 Å². The Morgan fingerprint density at radius 3 is 2.70 bits per heavy atom. The van der Waals surface area contributed by atoms with E-state index >= 15 is 0 Å². The van der Waals surface area contributed by atoms with Crippen LogP contribution >= 0.6 is 0 Å². The van der Waals surface area contributed by atoms with E-state index in [4.69, 9.17) is 5.11 Å². The number of rotatable bonds is 5. The molecular formula is C15H17N3O2. The van der Waals surface area contributed by atoms with Crippen LogP contribution in [0.15, 0.2) is 30.3 Å². The number of aromatic carboxylic acids is 1. The van der Waals surface area contributed by atoms with Crippen molar-refractivity contribution in [2.75, 3.05) is 11.9 Å². The molecule has 0 bridgehead atoms. The highest BCUT2D eigenvalue weighted by atomic mass is 16.4. The van der Waals surface area contributed by atoms with Crippen LogP contribution in [0.3, 0.4) is 0 Å². The molecule has 104 valence electrons. The molecule has 5 nitrogen and oxygen atoms in total. The molecule has 1 aromatic carbocycles. The molecule has 0 atom stereocenters. The lowest BCUT2D eigenvalue weighted by molar-refractivity contribution is 0.0690. The molecule has 2 aromatic rings. The lowest BCUT2D eigenvalue weighted by Crippen LogP contribution is -2.08. The van der Waals surface area contributed by atoms with Crippen LogP contribution < -0.4 is 5.32 Å². The molecule has 0 aliphatic carbocycles. The number of benzene rings is 1. The molecule has 0 saturated heterocycles. The summed E-state index contributed by atoms with van der Waals surface area (Å²) in [5.41, 5.74) is 1.85. The zero-order valence-corrected chi connectivity index (χ0v) is 11.6. The minimum atomic E-state index is -1.05. The Morgan fingerprint density at radius 1 is 1.30 bits per heavy atom. The Hall–Kier alpha value is -2.43. The lowest BCUT2D eigenvalue weighted by atomic mass is 10.1. The van der Waals surface area contributed by atoms with Crippen LogP contribution in [0, 0.1) is 6.92 Å². The van der Waals surface area contributed by atoms with Crippen LogP contribution in [-0.2, 0) is 0 Å². The minimum Gasteiger partial charge on any atom is -0.477 e. The van der Waals surface area contributed by atoms with Gasteiger partial charge < -0.3 is 10.4 Å². The molecule has 5 heteroatoms. The van der Waals surface area contributed by atoms with E-state index in [1.807, 2.05) is 38.1 Å². The van der Waals surface area contributed by atoms with E-state index in [2.05, 4.69) is 15.3 Å². The summed E-state index contributed by atoms with van der Waals surface area (Å²) in [4.78, 5) is 19.7. The van der Waals surface area contributed by atoms with Gasteiger partial charge in [-0.3, -0.25) is 0 Å². The zero-order valence-electron chi connectivity index (χ0n) is 11.6. The summed E-state index contributed by atoms with van der Waals surface area (Å²) < 4.78 is 0. The highest BCUT2D eigenvalue weighted by molar-refractivity contribution is 5.87. The first-order valence-corrected chi connectivity index (χ1v) is 6.54. The largest absolute Gasteiger partial charge is 0.477 e. The normalized spacial score (nSPS) is 10.3. The molecule has 0 fully saturated rings. The van der Waals surface area contributed by atoms with Crippen molar-refractivity contribution in [3.63, 3.8) is 0 Å². The molecule has 0 aliphatic rings. The lowest BCUT2D eigenvalue weighted by Gasteiger charge is -2.09. The minimum absolute atomic E-state index is 0.00291. The van der Waals surface area contributed by atoms with Crippen molar-refractivity contribution in [1.82, 2.24) is 9.97 Å². The average Bonchev–Trinajstić information content (AvgIpc) is 2.45. The topological polar surface area (TPSA) is 75.1 Å². The maximum absolute atomic E-state index is 11.2. The number of nitrogens with zero attached hydrogens (tertiary/aromatic N) is 2. The molecule has 0 saturated carbocycles. The second-order valence-electron chi connectivity index (χ2n) is 4.51. The Kier molecular flexibility index (Phi) is 4.30. The molecule has 1 aromatic heterocycles. The van der Waals surface area contributed by atoms with Crippen molar-refractivity contribution in [3.05, 3.63) is 41.6 Å². The summed E-state index contributed by atoms with van der Waals surface area (Å²) in [6, 6.07) is 9.11. The van der Waals surface area contributed by atoms with Gasteiger partial charge in [-0.25, -0.2) is 14.8 Å². The van der Waals surface area contributed by atoms with E-state index in [-0.39, 0.29) is 5.69 Å². The van der Waals surface area contributed by atoms with Crippen molar-refractivity contribution >= 4 is 11.8 Å². The monoisotopic (exact) mass is 271 g/mol. The smallest absolute Gasteiger partial charge is 0.354 e. The highest BCUT2D eigenvalue weighted by Crippen LogP contribution is 2.21. The Balaban J connectivity index is 2.49. The first-order valence-electron chi connectivity index (χ1n) is 6.54. The number of carboxylic acid groups (broad SMARTS) is 1. The van der Waals surface area contributed by atoms with Crippen LogP contribution in [0.4, 0.5) is 5.82 Å². The summed E-state index contributed by atoms with van der Waals surface area (Å²) in [6.07, 6.45) is 0.937. The number of nitrogens with one attached hydrogen (secondary N) is 1. The summed E-state index contributed by atoms with van der Waals surface area (Å²) in [7, 11) is 0. The fourth-order valence-electron chi connectivity index (χ4n) is 1.84. The molecule has 0 unspecified atom stereocenters.